The lowest BCUT2D eigenvalue weighted by Crippen LogP contribution is -2.39. The van der Waals surface area contributed by atoms with Gasteiger partial charge in [-0.1, -0.05) is 24.3 Å². The van der Waals surface area contributed by atoms with Gasteiger partial charge in [-0.25, -0.2) is 4.99 Å². The average Bonchev–Trinajstić information content (AvgIpc) is 2.76. The first-order valence-electron chi connectivity index (χ1n) is 10.8. The molecule has 178 valence electrons. The average molecular weight is 556 g/mol. The van der Waals surface area contributed by atoms with Crippen molar-refractivity contribution in [2.45, 2.75) is 39.5 Å². The number of aliphatic hydroxyl groups excluding tert-OH is 1. The fourth-order valence-electron chi connectivity index (χ4n) is 2.89. The molecule has 0 radical (unpaired) electrons. The number of rotatable bonds is 12. The Morgan fingerprint density at radius 1 is 1.03 bits per heavy atom. The molecule has 0 aliphatic rings. The molecular formula is C24H37IN4O3. The Morgan fingerprint density at radius 2 is 1.72 bits per heavy atom. The molecule has 32 heavy (non-hydrogen) atoms. The van der Waals surface area contributed by atoms with E-state index < -0.39 is 6.10 Å². The highest BCUT2D eigenvalue weighted by molar-refractivity contribution is 14.0. The zero-order chi connectivity index (χ0) is 22.5. The Balaban J connectivity index is 0.00000512. The monoisotopic (exact) mass is 556 g/mol. The lowest BCUT2D eigenvalue weighted by atomic mass is 10.1. The van der Waals surface area contributed by atoms with Crippen molar-refractivity contribution >= 4 is 35.6 Å². The van der Waals surface area contributed by atoms with Crippen LogP contribution in [0.4, 0.5) is 5.69 Å². The topological polar surface area (TPSA) is 87.1 Å². The number of hydrogen-bond donors (Lipinski definition) is 4. The molecule has 0 heterocycles. The summed E-state index contributed by atoms with van der Waals surface area (Å²) in [5, 5.41) is 20.2. The van der Waals surface area contributed by atoms with E-state index in [9.17, 15) is 5.11 Å². The van der Waals surface area contributed by atoms with Crippen molar-refractivity contribution in [1.82, 2.24) is 10.6 Å². The maximum atomic E-state index is 10.5. The first-order chi connectivity index (χ1) is 15.0. The van der Waals surface area contributed by atoms with Crippen LogP contribution in [-0.4, -0.2) is 50.5 Å². The first-order valence-corrected chi connectivity index (χ1v) is 10.8. The van der Waals surface area contributed by atoms with Gasteiger partial charge in [0.2, 0.25) is 0 Å². The molecule has 8 heteroatoms. The van der Waals surface area contributed by atoms with Crippen molar-refractivity contribution in [3.8, 4) is 5.75 Å². The Bertz CT molecular complexity index is 783. The van der Waals surface area contributed by atoms with Crippen LogP contribution in [0.2, 0.25) is 0 Å². The molecule has 4 N–H and O–H groups in total. The summed E-state index contributed by atoms with van der Waals surface area (Å²) in [6.07, 6.45) is -0.520. The summed E-state index contributed by atoms with van der Waals surface area (Å²) in [5.41, 5.74) is 2.99. The molecule has 1 atom stereocenters. The maximum absolute atomic E-state index is 10.5. The van der Waals surface area contributed by atoms with Crippen LogP contribution in [0.15, 0.2) is 53.5 Å². The predicted molar refractivity (Wildman–Crippen MR) is 142 cm³/mol. The standard InChI is InChI=1S/C24H36N4O3.HI/c1-5-25-24(27-16-19-6-10-21(11-7-19)26-14-15-30-4)28-17-23(29)20-8-12-22(13-9-20)31-18(2)3;/h6-13,18,23,26,29H,5,14-17H2,1-4H3,(H2,25,27,28);1H. The van der Waals surface area contributed by atoms with Gasteiger partial charge in [0.15, 0.2) is 5.96 Å². The van der Waals surface area contributed by atoms with E-state index in [2.05, 4.69) is 33.1 Å². The SMILES string of the molecule is CCNC(=NCc1ccc(NCCOC)cc1)NCC(O)c1ccc(OC(C)C)cc1.I. The second-order valence-corrected chi connectivity index (χ2v) is 7.44. The third-order valence-corrected chi connectivity index (χ3v) is 4.45. The largest absolute Gasteiger partial charge is 0.491 e. The highest BCUT2D eigenvalue weighted by atomic mass is 127. The zero-order valence-corrected chi connectivity index (χ0v) is 21.8. The number of benzene rings is 2. The van der Waals surface area contributed by atoms with Crippen LogP contribution in [0, 0.1) is 0 Å². The molecule has 1 unspecified atom stereocenters. The van der Waals surface area contributed by atoms with Crippen LogP contribution in [0.3, 0.4) is 0 Å². The quantitative estimate of drug-likeness (QED) is 0.137. The van der Waals surface area contributed by atoms with Crippen LogP contribution < -0.4 is 20.7 Å². The number of aliphatic imine (C=N–C) groups is 1. The van der Waals surface area contributed by atoms with Crippen LogP contribution in [0.5, 0.6) is 5.75 Å². The fraction of sp³-hybridized carbons (Fsp3) is 0.458. The molecule has 0 aliphatic carbocycles. The van der Waals surface area contributed by atoms with E-state index in [1.807, 2.05) is 57.2 Å². The van der Waals surface area contributed by atoms with Crippen molar-refractivity contribution in [3.63, 3.8) is 0 Å². The second kappa shape index (κ2) is 15.7. The lowest BCUT2D eigenvalue weighted by Gasteiger charge is -2.16. The molecular weight excluding hydrogens is 519 g/mol. The zero-order valence-electron chi connectivity index (χ0n) is 19.4. The fourth-order valence-corrected chi connectivity index (χ4v) is 2.89. The predicted octanol–water partition coefficient (Wildman–Crippen LogP) is 3.94. The third kappa shape index (κ3) is 10.5. The minimum atomic E-state index is -0.644. The molecule has 0 amide bonds. The number of nitrogens with one attached hydrogen (secondary N) is 3. The van der Waals surface area contributed by atoms with Gasteiger partial charge in [-0.2, -0.15) is 0 Å². The number of nitrogens with zero attached hydrogens (tertiary/aromatic N) is 1. The summed E-state index contributed by atoms with van der Waals surface area (Å²) in [5.74, 6) is 1.47. The van der Waals surface area contributed by atoms with E-state index in [1.54, 1.807) is 7.11 Å². The second-order valence-electron chi connectivity index (χ2n) is 7.44. The molecule has 0 fully saturated rings. The molecule has 7 nitrogen and oxygen atoms in total. The number of hydrogen-bond acceptors (Lipinski definition) is 5. The summed E-state index contributed by atoms with van der Waals surface area (Å²) >= 11 is 0. The maximum Gasteiger partial charge on any atom is 0.191 e. The highest BCUT2D eigenvalue weighted by Crippen LogP contribution is 2.18. The van der Waals surface area contributed by atoms with Gasteiger partial charge < -0.3 is 30.5 Å². The molecule has 2 rings (SSSR count). The van der Waals surface area contributed by atoms with Crippen molar-refractivity contribution in [2.24, 2.45) is 4.99 Å². The summed E-state index contributed by atoms with van der Waals surface area (Å²) in [7, 11) is 1.69. The van der Waals surface area contributed by atoms with E-state index in [1.165, 1.54) is 0 Å². The smallest absolute Gasteiger partial charge is 0.191 e. The van der Waals surface area contributed by atoms with Crippen molar-refractivity contribution < 1.29 is 14.6 Å². The van der Waals surface area contributed by atoms with Gasteiger partial charge in [0.05, 0.1) is 25.4 Å². The number of guanidine groups is 1. The molecule has 0 aliphatic heterocycles. The van der Waals surface area contributed by atoms with Gasteiger partial charge in [-0.15, -0.1) is 24.0 Å². The van der Waals surface area contributed by atoms with Gasteiger partial charge in [0, 0.05) is 32.4 Å². The van der Waals surface area contributed by atoms with Gasteiger partial charge in [-0.3, -0.25) is 0 Å². The van der Waals surface area contributed by atoms with Gasteiger partial charge in [0.1, 0.15) is 5.75 Å². The molecule has 0 saturated heterocycles. The Hall–Kier alpha value is -2.04. The molecule has 0 saturated carbocycles. The van der Waals surface area contributed by atoms with Crippen LogP contribution in [0.1, 0.15) is 38.0 Å². The number of aliphatic hydroxyl groups is 1. The molecule has 2 aromatic rings. The number of anilines is 1. The first kappa shape index (κ1) is 28.0. The molecule has 0 spiro atoms. The number of halogens is 1. The van der Waals surface area contributed by atoms with Crippen LogP contribution in [-0.2, 0) is 11.3 Å². The Labute approximate surface area is 209 Å². The van der Waals surface area contributed by atoms with E-state index in [-0.39, 0.29) is 30.1 Å². The van der Waals surface area contributed by atoms with E-state index in [0.29, 0.717) is 25.7 Å². The van der Waals surface area contributed by atoms with E-state index >= 15 is 0 Å². The minimum Gasteiger partial charge on any atom is -0.491 e. The molecule has 0 bridgehead atoms. The van der Waals surface area contributed by atoms with Gasteiger partial charge in [0.25, 0.3) is 0 Å². The number of methoxy groups -OCH3 is 1. The van der Waals surface area contributed by atoms with Gasteiger partial charge >= 0.3 is 0 Å². The Morgan fingerprint density at radius 3 is 2.31 bits per heavy atom. The van der Waals surface area contributed by atoms with Crippen molar-refractivity contribution in [1.29, 1.82) is 0 Å². The van der Waals surface area contributed by atoms with Crippen LogP contribution >= 0.6 is 24.0 Å². The number of ether oxygens (including phenoxy) is 2. The van der Waals surface area contributed by atoms with Gasteiger partial charge in [-0.05, 0) is 56.2 Å². The molecule has 2 aromatic carbocycles. The minimum absolute atomic E-state index is 0. The van der Waals surface area contributed by atoms with Crippen molar-refractivity contribution in [3.05, 3.63) is 59.7 Å². The third-order valence-electron chi connectivity index (χ3n) is 4.45. The van der Waals surface area contributed by atoms with Crippen molar-refractivity contribution in [2.75, 3.05) is 38.7 Å². The highest BCUT2D eigenvalue weighted by Gasteiger charge is 2.09. The summed E-state index contributed by atoms with van der Waals surface area (Å²) in [6, 6.07) is 15.7. The summed E-state index contributed by atoms with van der Waals surface area (Å²) in [6.45, 7) is 9.09. The van der Waals surface area contributed by atoms with E-state index in [0.717, 1.165) is 35.7 Å². The summed E-state index contributed by atoms with van der Waals surface area (Å²) in [4.78, 5) is 4.62. The Kier molecular flexibility index (Phi) is 13.7. The normalized spacial score (nSPS) is 12.1. The summed E-state index contributed by atoms with van der Waals surface area (Å²) < 4.78 is 10.7. The molecule has 0 aromatic heterocycles. The lowest BCUT2D eigenvalue weighted by molar-refractivity contribution is 0.180. The van der Waals surface area contributed by atoms with E-state index in [4.69, 9.17) is 9.47 Å². The van der Waals surface area contributed by atoms with Crippen LogP contribution in [0.25, 0.3) is 0 Å².